The van der Waals surface area contributed by atoms with Gasteiger partial charge in [0.05, 0.1) is 5.82 Å². The Labute approximate surface area is 214 Å². The van der Waals surface area contributed by atoms with Gasteiger partial charge in [0.2, 0.25) is 5.97 Å². The zero-order valence-corrected chi connectivity index (χ0v) is 22.7. The topological polar surface area (TPSA) is 63.1 Å². The number of carboxylic acid groups (broad SMARTS) is 1. The van der Waals surface area contributed by atoms with Crippen LogP contribution in [0.3, 0.4) is 0 Å². The third-order valence-corrected chi connectivity index (χ3v) is 4.37. The number of benzene rings is 1. The number of carbonyl (C=O) groups is 1. The van der Waals surface area contributed by atoms with Gasteiger partial charge >= 0.3 is 0 Å². The molecular formula is C27H30F2IrN2O2-2. The molecule has 0 amide bonds. The second-order valence-electron chi connectivity index (χ2n) is 10.3. The van der Waals surface area contributed by atoms with E-state index in [4.69, 9.17) is 5.11 Å². The molecular weight excluding hydrogens is 615 g/mol. The normalized spacial score (nSPS) is 11.2. The van der Waals surface area contributed by atoms with Crippen LogP contribution in [0.5, 0.6) is 0 Å². The molecule has 0 fully saturated rings. The molecule has 0 atom stereocenters. The van der Waals surface area contributed by atoms with Gasteiger partial charge < -0.3 is 14.9 Å². The first-order valence-corrected chi connectivity index (χ1v) is 10.7. The summed E-state index contributed by atoms with van der Waals surface area (Å²) >= 11 is 0. The largest absolute Gasteiger partial charge is 0.521 e. The number of carboxylic acids is 1. The molecule has 0 aliphatic carbocycles. The smallest absolute Gasteiger partial charge is 0.247 e. The minimum Gasteiger partial charge on any atom is -0.521 e. The second-order valence-corrected chi connectivity index (χ2v) is 10.3. The Morgan fingerprint density at radius 1 is 0.971 bits per heavy atom. The minimum absolute atomic E-state index is 0. The van der Waals surface area contributed by atoms with Crippen LogP contribution in [0.25, 0.3) is 11.4 Å². The van der Waals surface area contributed by atoms with Crippen molar-refractivity contribution in [3.05, 3.63) is 83.2 Å². The van der Waals surface area contributed by atoms with Crippen molar-refractivity contribution in [1.82, 2.24) is 9.97 Å². The van der Waals surface area contributed by atoms with Gasteiger partial charge in [0.15, 0.2) is 5.95 Å². The summed E-state index contributed by atoms with van der Waals surface area (Å²) < 4.78 is 25.9. The molecule has 3 aromatic rings. The van der Waals surface area contributed by atoms with Crippen LogP contribution in [-0.4, -0.2) is 21.0 Å². The molecule has 2 heterocycles. The van der Waals surface area contributed by atoms with Crippen molar-refractivity contribution in [2.24, 2.45) is 10.8 Å². The Kier molecular flexibility index (Phi) is 10.7. The summed E-state index contributed by atoms with van der Waals surface area (Å²) in [5.41, 5.74) is 3.41. The number of hydrogen-bond donors (Lipinski definition) is 1. The van der Waals surface area contributed by atoms with E-state index in [1.807, 2.05) is 18.2 Å². The standard InChI is InChI=1S/C15H15F2N2.C12H15O2.Ir/c1-15(2,3)9-10-6-7-18-13(8-10)12-5-4-11(16)14(17)19-12;1-12(2,3)8-9-5-4-6-10(7-9)11(13)14;/h4,6-8H,9H2,1-3H3;4-5,7H,8H2,1-3H3,(H,13,14);/q2*-1;. The third kappa shape index (κ3) is 10.2. The maximum Gasteiger partial charge on any atom is 0.247 e. The number of aromatic nitrogens is 2. The molecule has 0 aliphatic rings. The molecule has 3 rings (SSSR count). The fourth-order valence-corrected chi connectivity index (χ4v) is 3.19. The van der Waals surface area contributed by atoms with Gasteiger partial charge in [-0.25, -0.2) is 0 Å². The van der Waals surface area contributed by atoms with Gasteiger partial charge in [-0.1, -0.05) is 58.7 Å². The van der Waals surface area contributed by atoms with Crippen molar-refractivity contribution in [3.8, 4) is 11.4 Å². The molecule has 0 saturated carbocycles. The molecule has 185 valence electrons. The molecule has 1 aromatic carbocycles. The number of pyridine rings is 2. The van der Waals surface area contributed by atoms with Crippen LogP contribution in [-0.2, 0) is 32.9 Å². The van der Waals surface area contributed by atoms with Crippen LogP contribution in [0.4, 0.5) is 8.78 Å². The minimum atomic E-state index is -1.13. The molecule has 7 heteroatoms. The Morgan fingerprint density at radius 3 is 2.09 bits per heavy atom. The van der Waals surface area contributed by atoms with Gasteiger partial charge in [-0.3, -0.25) is 9.37 Å². The van der Waals surface area contributed by atoms with Crippen LogP contribution in [0, 0.1) is 34.7 Å². The van der Waals surface area contributed by atoms with E-state index in [2.05, 4.69) is 63.6 Å². The average molecular weight is 645 g/mol. The monoisotopic (exact) mass is 645 g/mol. The van der Waals surface area contributed by atoms with Crippen LogP contribution in [0.2, 0.25) is 0 Å². The van der Waals surface area contributed by atoms with Crippen LogP contribution >= 0.6 is 0 Å². The van der Waals surface area contributed by atoms with Gasteiger partial charge in [-0.15, -0.1) is 35.9 Å². The fraction of sp³-hybridized carbons (Fsp3) is 0.370. The first-order chi connectivity index (χ1) is 15.2. The van der Waals surface area contributed by atoms with Crippen molar-refractivity contribution in [3.63, 3.8) is 0 Å². The van der Waals surface area contributed by atoms with Crippen molar-refractivity contribution >= 4 is 5.97 Å². The fourth-order valence-electron chi connectivity index (χ4n) is 3.19. The van der Waals surface area contributed by atoms with Gasteiger partial charge in [-0.2, -0.15) is 10.5 Å². The average Bonchev–Trinajstić information content (AvgIpc) is 2.68. The second kappa shape index (κ2) is 12.3. The zero-order valence-electron chi connectivity index (χ0n) is 20.3. The molecule has 0 aliphatic heterocycles. The van der Waals surface area contributed by atoms with Crippen LogP contribution < -0.4 is 0 Å². The predicted octanol–water partition coefficient (Wildman–Crippen LogP) is 6.58. The van der Waals surface area contributed by atoms with Crippen molar-refractivity contribution in [2.45, 2.75) is 54.4 Å². The molecule has 34 heavy (non-hydrogen) atoms. The van der Waals surface area contributed by atoms with Crippen molar-refractivity contribution in [2.75, 3.05) is 0 Å². The maximum absolute atomic E-state index is 13.1. The Morgan fingerprint density at radius 2 is 1.56 bits per heavy atom. The zero-order chi connectivity index (χ0) is 24.8. The van der Waals surface area contributed by atoms with E-state index in [0.717, 1.165) is 30.0 Å². The summed E-state index contributed by atoms with van der Waals surface area (Å²) in [4.78, 5) is 18.3. The maximum atomic E-state index is 13.1. The Balaban J connectivity index is 0.000000346. The summed E-state index contributed by atoms with van der Waals surface area (Å²) in [6, 6.07) is 15.2. The first kappa shape index (κ1) is 29.5. The third-order valence-electron chi connectivity index (χ3n) is 4.37. The van der Waals surface area contributed by atoms with E-state index in [9.17, 15) is 13.6 Å². The molecule has 0 saturated heterocycles. The van der Waals surface area contributed by atoms with Gasteiger partial charge in [0.25, 0.3) is 0 Å². The van der Waals surface area contributed by atoms with E-state index in [1.165, 1.54) is 0 Å². The molecule has 2 aromatic heterocycles. The SMILES string of the molecule is CC(C)(C)Cc1cc[c-]c(C(=O)O)c1.CC(C)(C)Cc1ccnc(-c2[c-]cc(F)c(F)n2)c1.[Ir]. The van der Waals surface area contributed by atoms with Gasteiger partial charge in [-0.05, 0) is 41.1 Å². The van der Waals surface area contributed by atoms with Crippen LogP contribution in [0.1, 0.15) is 63.0 Å². The molecule has 1 N–H and O–H groups in total. The number of aromatic carboxylic acids is 1. The van der Waals surface area contributed by atoms with Crippen molar-refractivity contribution in [1.29, 1.82) is 0 Å². The summed E-state index contributed by atoms with van der Waals surface area (Å²) in [6.07, 6.45) is 3.39. The number of hydrogen-bond acceptors (Lipinski definition) is 3. The summed E-state index contributed by atoms with van der Waals surface area (Å²) in [5.74, 6) is -3.05. The summed E-state index contributed by atoms with van der Waals surface area (Å²) in [6.45, 7) is 12.8. The first-order valence-electron chi connectivity index (χ1n) is 10.7. The molecule has 1 radical (unpaired) electrons. The Hall–Kier alpha value is -2.50. The van der Waals surface area contributed by atoms with Gasteiger partial charge in [0, 0.05) is 26.3 Å². The number of rotatable bonds is 4. The van der Waals surface area contributed by atoms with E-state index in [0.29, 0.717) is 5.69 Å². The summed E-state index contributed by atoms with van der Waals surface area (Å²) in [7, 11) is 0. The van der Waals surface area contributed by atoms with Crippen LogP contribution in [0.15, 0.2) is 42.6 Å². The predicted molar refractivity (Wildman–Crippen MR) is 125 cm³/mol. The van der Waals surface area contributed by atoms with E-state index >= 15 is 0 Å². The number of nitrogens with zero attached hydrogens (tertiary/aromatic N) is 2. The number of halogens is 2. The van der Waals surface area contributed by atoms with E-state index < -0.39 is 17.7 Å². The Bertz CT molecular complexity index is 1110. The van der Waals surface area contributed by atoms with Crippen molar-refractivity contribution < 1.29 is 38.8 Å². The molecule has 0 spiro atoms. The van der Waals surface area contributed by atoms with Gasteiger partial charge in [0.1, 0.15) is 0 Å². The summed E-state index contributed by atoms with van der Waals surface area (Å²) in [5, 5.41) is 8.78. The molecule has 0 bridgehead atoms. The van der Waals surface area contributed by atoms with E-state index in [1.54, 1.807) is 18.3 Å². The quantitative estimate of drug-likeness (QED) is 0.258. The molecule has 0 unspecified atom stereocenters. The van der Waals surface area contributed by atoms with E-state index in [-0.39, 0.29) is 42.2 Å². The molecule has 4 nitrogen and oxygen atoms in total.